The molecule has 0 unspecified atom stereocenters. The zero-order chi connectivity index (χ0) is 38.6. The maximum absolute atomic E-state index is 7.87. The minimum Gasteiger partial charge on any atom is -0.472 e. The molecule has 0 atom stereocenters. The van der Waals surface area contributed by atoms with Gasteiger partial charge in [-0.25, -0.2) is 0 Å². The van der Waals surface area contributed by atoms with Crippen molar-refractivity contribution in [1.29, 1.82) is 0 Å². The zero-order valence-corrected chi connectivity index (χ0v) is 34.3. The van der Waals surface area contributed by atoms with Gasteiger partial charge in [-0.3, -0.25) is 0 Å². The monoisotopic (exact) mass is 779 g/mol. The topological polar surface area (TPSA) is 46.6 Å². The highest BCUT2D eigenvalue weighted by molar-refractivity contribution is 7.98. The van der Waals surface area contributed by atoms with Crippen LogP contribution in [-0.4, -0.2) is 85.2 Å². The summed E-state index contributed by atoms with van der Waals surface area (Å²) in [6, 6.07) is 32.3. The number of nitrogens with zero attached hydrogens (tertiary/aromatic N) is 3. The van der Waals surface area contributed by atoms with Crippen LogP contribution in [0.4, 0.5) is 17.1 Å². The highest BCUT2D eigenvalue weighted by atomic mass is 32.2. The molecule has 0 amide bonds. The number of rotatable bonds is 8. The Morgan fingerprint density at radius 3 is 1.72 bits per heavy atom. The summed E-state index contributed by atoms with van der Waals surface area (Å²) in [7, 11) is 0. The highest BCUT2D eigenvalue weighted by Gasteiger charge is 2.47. The van der Waals surface area contributed by atoms with Gasteiger partial charge in [0.1, 0.15) is 5.75 Å². The van der Waals surface area contributed by atoms with Crippen molar-refractivity contribution in [3.63, 3.8) is 0 Å². The van der Waals surface area contributed by atoms with Gasteiger partial charge in [0.25, 0.3) is 0 Å². The van der Waals surface area contributed by atoms with Crippen molar-refractivity contribution in [2.24, 2.45) is 0 Å². The lowest BCUT2D eigenvalue weighted by atomic mass is 9.71. The summed E-state index contributed by atoms with van der Waals surface area (Å²) in [6.45, 7) is 14.6. The quantitative estimate of drug-likeness (QED) is 0.145. The molecule has 5 aromatic rings. The fourth-order valence-electron chi connectivity index (χ4n) is 10.3. The van der Waals surface area contributed by atoms with E-state index in [1.165, 1.54) is 60.5 Å². The van der Waals surface area contributed by atoms with Crippen molar-refractivity contribution in [2.75, 3.05) is 99.9 Å². The van der Waals surface area contributed by atoms with Crippen LogP contribution >= 0.6 is 11.8 Å². The van der Waals surface area contributed by atoms with E-state index in [0.717, 1.165) is 109 Å². The Hall–Kier alpha value is -4.47. The summed E-state index contributed by atoms with van der Waals surface area (Å²) in [5.41, 5.74) is 11.8. The molecular weight excluding hydrogens is 727 g/mol. The van der Waals surface area contributed by atoms with Gasteiger partial charge in [0.05, 0.1) is 45.3 Å². The van der Waals surface area contributed by atoms with Crippen LogP contribution in [0, 0.1) is 0 Å². The van der Waals surface area contributed by atoms with E-state index in [0.29, 0.717) is 0 Å². The molecule has 0 N–H and O–H groups in total. The van der Waals surface area contributed by atoms with E-state index in [4.69, 9.17) is 18.9 Å². The minimum absolute atomic E-state index is 0.130. The molecule has 0 saturated carbocycles. The Morgan fingerprint density at radius 1 is 0.632 bits per heavy atom. The van der Waals surface area contributed by atoms with Gasteiger partial charge >= 0.3 is 0 Å². The smallest absolute Gasteiger partial charge is 0.178 e. The molecule has 10 rings (SSSR count). The van der Waals surface area contributed by atoms with Crippen LogP contribution in [0.5, 0.6) is 5.75 Å². The molecule has 3 fully saturated rings. The molecule has 57 heavy (non-hydrogen) atoms. The summed E-state index contributed by atoms with van der Waals surface area (Å²) in [5.74, 6) is 0.976. The van der Waals surface area contributed by atoms with Crippen molar-refractivity contribution >= 4 is 45.7 Å². The summed E-state index contributed by atoms with van der Waals surface area (Å²) in [4.78, 5) is 8.63. The number of morpholine rings is 3. The molecular formula is C49H53N3O4S. The molecule has 4 aliphatic heterocycles. The van der Waals surface area contributed by atoms with E-state index in [9.17, 15) is 0 Å². The lowest BCUT2D eigenvalue weighted by Crippen LogP contribution is -2.37. The molecule has 3 saturated heterocycles. The molecule has 5 aromatic carbocycles. The average molecular weight is 780 g/mol. The van der Waals surface area contributed by atoms with Crippen LogP contribution in [0.25, 0.3) is 28.0 Å². The Bertz CT molecular complexity index is 2240. The standard InChI is InChI=1S/C49H53N3O4S/c1-4-48(5-2)42-9-7-6-8-38(42)45-40-32-43(52-24-30-55-31-25-52)44(57-3)33-41(40)47-39(46(45)48)18-19-49(56-47,34-10-14-36(15-11-34)50-20-26-53-27-21-50)35-12-16-37(17-13-35)51-22-28-54-29-23-51/h6-19,32-33H,4-5,20-31H2,1-3H3. The highest BCUT2D eigenvalue weighted by Crippen LogP contribution is 2.61. The molecule has 0 spiro atoms. The number of hydrogen-bond acceptors (Lipinski definition) is 8. The first kappa shape index (κ1) is 36.8. The van der Waals surface area contributed by atoms with E-state index in [1.54, 1.807) is 0 Å². The van der Waals surface area contributed by atoms with E-state index in [2.05, 4.69) is 132 Å². The third-order valence-electron chi connectivity index (χ3n) is 13.4. The molecule has 4 heterocycles. The van der Waals surface area contributed by atoms with Gasteiger partial charge in [0.2, 0.25) is 0 Å². The fourth-order valence-corrected chi connectivity index (χ4v) is 11.0. The van der Waals surface area contributed by atoms with Gasteiger partial charge in [-0.15, -0.1) is 11.8 Å². The van der Waals surface area contributed by atoms with Gasteiger partial charge in [0.15, 0.2) is 5.60 Å². The SMILES string of the molecule is CCC1(CC)c2ccccc2-c2c1c1c(c3cc(SC)c(N4CCOCC4)cc23)OC(c2ccc(N3CCOCC3)cc2)(c2ccc(N3CCOCC3)cc2)C=C1. The van der Waals surface area contributed by atoms with Gasteiger partial charge in [-0.1, -0.05) is 68.5 Å². The van der Waals surface area contributed by atoms with Crippen LogP contribution in [0.1, 0.15) is 54.5 Å². The van der Waals surface area contributed by atoms with Gasteiger partial charge in [-0.05, 0) is 89.2 Å². The Morgan fingerprint density at radius 2 is 1.18 bits per heavy atom. The summed E-state index contributed by atoms with van der Waals surface area (Å²) >= 11 is 1.82. The first-order valence-electron chi connectivity index (χ1n) is 21.0. The summed E-state index contributed by atoms with van der Waals surface area (Å²) in [5, 5.41) is 2.44. The molecule has 0 aromatic heterocycles. The second kappa shape index (κ2) is 15.0. The number of thioether (sulfide) groups is 1. The largest absolute Gasteiger partial charge is 0.472 e. The second-order valence-electron chi connectivity index (χ2n) is 16.0. The Kier molecular flexibility index (Phi) is 9.72. The Balaban J connectivity index is 1.21. The maximum Gasteiger partial charge on any atom is 0.178 e. The third-order valence-corrected chi connectivity index (χ3v) is 14.2. The molecule has 7 nitrogen and oxygen atoms in total. The summed E-state index contributed by atoms with van der Waals surface area (Å²) < 4.78 is 25.1. The number of anilines is 3. The lowest BCUT2D eigenvalue weighted by molar-refractivity contribution is 0.122. The van der Waals surface area contributed by atoms with Crippen molar-refractivity contribution < 1.29 is 18.9 Å². The molecule has 294 valence electrons. The molecule has 0 radical (unpaired) electrons. The van der Waals surface area contributed by atoms with E-state index in [-0.39, 0.29) is 5.41 Å². The third kappa shape index (κ3) is 5.97. The average Bonchev–Trinajstić information content (AvgIpc) is 3.60. The van der Waals surface area contributed by atoms with Crippen molar-refractivity contribution in [1.82, 2.24) is 0 Å². The van der Waals surface area contributed by atoms with E-state index in [1.807, 2.05) is 11.8 Å². The van der Waals surface area contributed by atoms with Crippen LogP contribution in [0.2, 0.25) is 0 Å². The van der Waals surface area contributed by atoms with Crippen molar-refractivity contribution in [2.45, 2.75) is 42.6 Å². The van der Waals surface area contributed by atoms with Crippen molar-refractivity contribution in [3.05, 3.63) is 119 Å². The van der Waals surface area contributed by atoms with Crippen LogP contribution in [0.3, 0.4) is 0 Å². The zero-order valence-electron chi connectivity index (χ0n) is 33.5. The van der Waals surface area contributed by atoms with Crippen LogP contribution in [-0.2, 0) is 25.2 Å². The normalized spacial score (nSPS) is 19.6. The second-order valence-corrected chi connectivity index (χ2v) is 16.8. The molecule has 8 heteroatoms. The molecule has 1 aliphatic carbocycles. The number of hydrogen-bond donors (Lipinski definition) is 0. The van der Waals surface area contributed by atoms with Gasteiger partial charge in [-0.2, -0.15) is 0 Å². The maximum atomic E-state index is 7.87. The first-order chi connectivity index (χ1) is 28.1. The number of fused-ring (bicyclic) bond motifs is 8. The number of benzene rings is 5. The van der Waals surface area contributed by atoms with Gasteiger partial charge in [0, 0.05) is 83.0 Å². The van der Waals surface area contributed by atoms with Crippen molar-refractivity contribution in [3.8, 4) is 16.9 Å². The fraction of sp³-hybridized carbons (Fsp3) is 0.388. The van der Waals surface area contributed by atoms with Crippen LogP contribution < -0.4 is 19.4 Å². The lowest BCUT2D eigenvalue weighted by Gasteiger charge is -2.40. The predicted molar refractivity (Wildman–Crippen MR) is 235 cm³/mol. The molecule has 5 aliphatic rings. The number of ether oxygens (including phenoxy) is 4. The minimum atomic E-state index is -0.851. The van der Waals surface area contributed by atoms with E-state index < -0.39 is 5.60 Å². The molecule has 0 bridgehead atoms. The van der Waals surface area contributed by atoms with E-state index >= 15 is 0 Å². The Labute approximate surface area is 341 Å². The van der Waals surface area contributed by atoms with Gasteiger partial charge < -0.3 is 33.6 Å². The predicted octanol–water partition coefficient (Wildman–Crippen LogP) is 9.51. The first-order valence-corrected chi connectivity index (χ1v) is 22.2. The summed E-state index contributed by atoms with van der Waals surface area (Å²) in [6.07, 6.45) is 9.00. The van der Waals surface area contributed by atoms with Crippen LogP contribution in [0.15, 0.2) is 95.9 Å².